The second-order valence-electron chi connectivity index (χ2n) is 6.65. The SMILES string of the molecule is O=C(Cc1ccc(NC(=O)NC2CCCCC2)cc1)NC1CC1. The molecule has 0 spiro atoms. The Morgan fingerprint density at radius 2 is 1.52 bits per heavy atom. The zero-order valence-corrected chi connectivity index (χ0v) is 13.4. The smallest absolute Gasteiger partial charge is 0.319 e. The highest BCUT2D eigenvalue weighted by atomic mass is 16.2. The van der Waals surface area contributed by atoms with Gasteiger partial charge in [0.05, 0.1) is 6.42 Å². The highest BCUT2D eigenvalue weighted by Crippen LogP contribution is 2.19. The first-order valence-corrected chi connectivity index (χ1v) is 8.65. The van der Waals surface area contributed by atoms with E-state index in [1.165, 1.54) is 19.3 Å². The number of nitrogens with one attached hydrogen (secondary N) is 3. The van der Waals surface area contributed by atoms with Crippen molar-refractivity contribution in [2.24, 2.45) is 0 Å². The second kappa shape index (κ2) is 7.49. The molecule has 2 aliphatic carbocycles. The van der Waals surface area contributed by atoms with Crippen LogP contribution < -0.4 is 16.0 Å². The first-order chi connectivity index (χ1) is 11.2. The molecular formula is C18H25N3O2. The quantitative estimate of drug-likeness (QED) is 0.782. The third-order valence-electron chi connectivity index (χ3n) is 4.46. The summed E-state index contributed by atoms with van der Waals surface area (Å²) in [6.45, 7) is 0. The predicted molar refractivity (Wildman–Crippen MR) is 90.3 cm³/mol. The van der Waals surface area contributed by atoms with Gasteiger partial charge in [-0.25, -0.2) is 4.79 Å². The fraction of sp³-hybridized carbons (Fsp3) is 0.556. The average molecular weight is 315 g/mol. The molecule has 5 nitrogen and oxygen atoms in total. The summed E-state index contributed by atoms with van der Waals surface area (Å²) < 4.78 is 0. The fourth-order valence-electron chi connectivity index (χ4n) is 3.00. The number of carbonyl (C=O) groups is 2. The highest BCUT2D eigenvalue weighted by molar-refractivity contribution is 5.89. The molecular weight excluding hydrogens is 290 g/mol. The Morgan fingerprint density at radius 1 is 0.870 bits per heavy atom. The van der Waals surface area contributed by atoms with Crippen LogP contribution in [0.25, 0.3) is 0 Å². The molecule has 23 heavy (non-hydrogen) atoms. The standard InChI is InChI=1S/C18H25N3O2/c22-17(19-15-10-11-15)12-13-6-8-16(9-7-13)21-18(23)20-14-4-2-1-3-5-14/h6-9,14-15H,1-5,10-12H2,(H,19,22)(H2,20,21,23). The second-order valence-corrected chi connectivity index (χ2v) is 6.65. The molecule has 1 aromatic rings. The van der Waals surface area contributed by atoms with E-state index >= 15 is 0 Å². The number of rotatable bonds is 5. The Hall–Kier alpha value is -2.04. The lowest BCUT2D eigenvalue weighted by molar-refractivity contribution is -0.120. The van der Waals surface area contributed by atoms with Gasteiger partial charge in [0.2, 0.25) is 5.91 Å². The maximum Gasteiger partial charge on any atom is 0.319 e. The molecule has 0 aromatic heterocycles. The lowest BCUT2D eigenvalue weighted by Gasteiger charge is -2.22. The molecule has 3 N–H and O–H groups in total. The summed E-state index contributed by atoms with van der Waals surface area (Å²) in [5.41, 5.74) is 1.71. The summed E-state index contributed by atoms with van der Waals surface area (Å²) in [5.74, 6) is 0.0725. The molecule has 2 aliphatic rings. The lowest BCUT2D eigenvalue weighted by atomic mass is 9.96. The van der Waals surface area contributed by atoms with E-state index in [0.717, 1.165) is 36.9 Å². The molecule has 2 fully saturated rings. The minimum atomic E-state index is -0.142. The predicted octanol–water partition coefficient (Wildman–Crippen LogP) is 2.96. The van der Waals surface area contributed by atoms with Crippen LogP contribution in [0.4, 0.5) is 10.5 Å². The van der Waals surface area contributed by atoms with E-state index in [2.05, 4.69) is 16.0 Å². The number of amides is 3. The van der Waals surface area contributed by atoms with Crippen molar-refractivity contribution in [3.8, 4) is 0 Å². The number of hydrogen-bond acceptors (Lipinski definition) is 2. The molecule has 0 atom stereocenters. The number of benzene rings is 1. The molecule has 0 aliphatic heterocycles. The van der Waals surface area contributed by atoms with Gasteiger partial charge in [0.25, 0.3) is 0 Å². The van der Waals surface area contributed by atoms with E-state index in [0.29, 0.717) is 18.5 Å². The van der Waals surface area contributed by atoms with Crippen molar-refractivity contribution in [2.75, 3.05) is 5.32 Å². The van der Waals surface area contributed by atoms with Crippen molar-refractivity contribution < 1.29 is 9.59 Å². The summed E-state index contributed by atoms with van der Waals surface area (Å²) in [6, 6.07) is 8.03. The van der Waals surface area contributed by atoms with E-state index in [4.69, 9.17) is 0 Å². The number of carbonyl (C=O) groups excluding carboxylic acids is 2. The van der Waals surface area contributed by atoms with Crippen LogP contribution in [0.1, 0.15) is 50.5 Å². The monoisotopic (exact) mass is 315 g/mol. The fourth-order valence-corrected chi connectivity index (χ4v) is 3.00. The molecule has 124 valence electrons. The highest BCUT2D eigenvalue weighted by Gasteiger charge is 2.23. The normalized spacial score (nSPS) is 18.3. The lowest BCUT2D eigenvalue weighted by Crippen LogP contribution is -2.39. The van der Waals surface area contributed by atoms with Gasteiger partial charge in [-0.15, -0.1) is 0 Å². The minimum Gasteiger partial charge on any atom is -0.353 e. The van der Waals surface area contributed by atoms with Crippen molar-refractivity contribution in [1.82, 2.24) is 10.6 Å². The van der Waals surface area contributed by atoms with Crippen LogP contribution >= 0.6 is 0 Å². The Kier molecular flexibility index (Phi) is 5.16. The van der Waals surface area contributed by atoms with E-state index in [9.17, 15) is 9.59 Å². The Labute approximate surface area is 137 Å². The summed E-state index contributed by atoms with van der Waals surface area (Å²) in [6.07, 6.45) is 8.41. The summed E-state index contributed by atoms with van der Waals surface area (Å²) in [5, 5.41) is 8.87. The first kappa shape index (κ1) is 15.8. The van der Waals surface area contributed by atoms with Gasteiger partial charge in [0, 0.05) is 17.8 Å². The van der Waals surface area contributed by atoms with Crippen LogP contribution in [-0.4, -0.2) is 24.0 Å². The molecule has 3 rings (SSSR count). The van der Waals surface area contributed by atoms with Crippen molar-refractivity contribution >= 4 is 17.6 Å². The maximum atomic E-state index is 12.0. The number of hydrogen-bond donors (Lipinski definition) is 3. The van der Waals surface area contributed by atoms with Crippen molar-refractivity contribution in [3.63, 3.8) is 0 Å². The van der Waals surface area contributed by atoms with Gasteiger partial charge in [0.15, 0.2) is 0 Å². The number of urea groups is 1. The van der Waals surface area contributed by atoms with Gasteiger partial charge >= 0.3 is 6.03 Å². The zero-order chi connectivity index (χ0) is 16.1. The zero-order valence-electron chi connectivity index (χ0n) is 13.4. The van der Waals surface area contributed by atoms with Gasteiger partial charge in [-0.05, 0) is 43.4 Å². The maximum absolute atomic E-state index is 12.0. The molecule has 5 heteroatoms. The van der Waals surface area contributed by atoms with Gasteiger partial charge in [-0.1, -0.05) is 31.4 Å². The van der Waals surface area contributed by atoms with E-state index in [1.807, 2.05) is 24.3 Å². The van der Waals surface area contributed by atoms with E-state index < -0.39 is 0 Å². The summed E-state index contributed by atoms with van der Waals surface area (Å²) in [7, 11) is 0. The van der Waals surface area contributed by atoms with Crippen LogP contribution in [0.5, 0.6) is 0 Å². The van der Waals surface area contributed by atoms with Crippen LogP contribution in [0, 0.1) is 0 Å². The van der Waals surface area contributed by atoms with Gasteiger partial charge in [-0.3, -0.25) is 4.79 Å². The van der Waals surface area contributed by atoms with E-state index in [1.54, 1.807) is 0 Å². The Bertz CT molecular complexity index is 546. The third kappa shape index (κ3) is 5.27. The summed E-state index contributed by atoms with van der Waals surface area (Å²) >= 11 is 0. The third-order valence-corrected chi connectivity index (χ3v) is 4.46. The summed E-state index contributed by atoms with van der Waals surface area (Å²) in [4.78, 5) is 23.7. The molecule has 1 aromatic carbocycles. The van der Waals surface area contributed by atoms with Gasteiger partial charge in [0.1, 0.15) is 0 Å². The molecule has 2 saturated carbocycles. The van der Waals surface area contributed by atoms with Gasteiger partial charge < -0.3 is 16.0 Å². The first-order valence-electron chi connectivity index (χ1n) is 8.65. The van der Waals surface area contributed by atoms with Gasteiger partial charge in [-0.2, -0.15) is 0 Å². The largest absolute Gasteiger partial charge is 0.353 e. The van der Waals surface area contributed by atoms with Crippen molar-refractivity contribution in [1.29, 1.82) is 0 Å². The van der Waals surface area contributed by atoms with E-state index in [-0.39, 0.29) is 11.9 Å². The Balaban J connectivity index is 1.44. The van der Waals surface area contributed by atoms with Crippen LogP contribution in [0.3, 0.4) is 0 Å². The topological polar surface area (TPSA) is 70.2 Å². The average Bonchev–Trinajstić information content (AvgIpc) is 3.34. The van der Waals surface area contributed by atoms with Crippen molar-refractivity contribution in [2.45, 2.75) is 63.5 Å². The minimum absolute atomic E-state index is 0.0725. The van der Waals surface area contributed by atoms with Crippen LogP contribution in [0.15, 0.2) is 24.3 Å². The molecule has 0 heterocycles. The van der Waals surface area contributed by atoms with Crippen LogP contribution in [0.2, 0.25) is 0 Å². The number of anilines is 1. The molecule has 0 radical (unpaired) electrons. The molecule has 0 unspecified atom stereocenters. The molecule has 0 saturated heterocycles. The van der Waals surface area contributed by atoms with Crippen molar-refractivity contribution in [3.05, 3.63) is 29.8 Å². The Morgan fingerprint density at radius 3 is 2.17 bits per heavy atom. The van der Waals surface area contributed by atoms with Crippen LogP contribution in [-0.2, 0) is 11.2 Å². The molecule has 0 bridgehead atoms. The molecule has 3 amide bonds.